The predicted molar refractivity (Wildman–Crippen MR) is 140 cm³/mol. The van der Waals surface area contributed by atoms with Crippen LogP contribution in [-0.4, -0.2) is 11.8 Å². The number of benzene rings is 4. The van der Waals surface area contributed by atoms with E-state index < -0.39 is 23.1 Å². The van der Waals surface area contributed by atoms with E-state index in [1.165, 1.54) is 30.4 Å². The van der Waals surface area contributed by atoms with Crippen LogP contribution in [0.1, 0.15) is 15.9 Å². The number of hydrogen-bond acceptors (Lipinski definition) is 6. The molecule has 0 bridgehead atoms. The first-order chi connectivity index (χ1) is 18.0. The summed E-state index contributed by atoms with van der Waals surface area (Å²) in [6.07, 6.45) is 7.14. The van der Waals surface area contributed by atoms with Crippen molar-refractivity contribution in [3.8, 4) is 11.5 Å². The van der Waals surface area contributed by atoms with Crippen LogP contribution >= 0.6 is 0 Å². The van der Waals surface area contributed by atoms with Gasteiger partial charge in [-0.3, -0.25) is 4.79 Å². The zero-order valence-corrected chi connectivity index (χ0v) is 19.3. The average Bonchev–Trinajstić information content (AvgIpc) is 2.91. The first kappa shape index (κ1) is 22.2. The van der Waals surface area contributed by atoms with Crippen LogP contribution in [-0.2, 0) is 4.79 Å². The fraction of sp³-hybridized carbons (Fsp3) is 0. The van der Waals surface area contributed by atoms with Crippen molar-refractivity contribution in [3.63, 3.8) is 0 Å². The molecule has 0 unspecified atom stereocenters. The lowest BCUT2D eigenvalue weighted by Crippen LogP contribution is -2.25. The maximum absolute atomic E-state index is 12.9. The van der Waals surface area contributed by atoms with E-state index in [1.54, 1.807) is 36.4 Å². The second-order valence-electron chi connectivity index (χ2n) is 8.50. The van der Waals surface area contributed by atoms with Crippen molar-refractivity contribution >= 4 is 50.3 Å². The Morgan fingerprint density at radius 3 is 2.22 bits per heavy atom. The molecule has 0 saturated heterocycles. The third-order valence-electron chi connectivity index (χ3n) is 6.32. The fourth-order valence-corrected chi connectivity index (χ4v) is 4.49. The first-order valence-electron chi connectivity index (χ1n) is 11.5. The Hall–Kier alpha value is -5.23. The summed E-state index contributed by atoms with van der Waals surface area (Å²) in [5.41, 5.74) is -0.409. The van der Waals surface area contributed by atoms with E-state index in [4.69, 9.17) is 9.15 Å². The van der Waals surface area contributed by atoms with Gasteiger partial charge in [0.2, 0.25) is 5.78 Å². The van der Waals surface area contributed by atoms with Crippen molar-refractivity contribution in [2.45, 2.75) is 0 Å². The fourth-order valence-electron chi connectivity index (χ4n) is 4.49. The molecule has 0 spiro atoms. The van der Waals surface area contributed by atoms with E-state index >= 15 is 0 Å². The number of hydrogen-bond donors (Lipinski definition) is 0. The molecule has 6 rings (SSSR count). The highest BCUT2D eigenvalue weighted by Crippen LogP contribution is 2.35. The number of carbonyl (C=O) groups is 2. The van der Waals surface area contributed by atoms with Crippen LogP contribution < -0.4 is 15.5 Å². The van der Waals surface area contributed by atoms with Gasteiger partial charge >= 0.3 is 11.6 Å². The summed E-state index contributed by atoms with van der Waals surface area (Å²) >= 11 is 0. The Labute approximate surface area is 210 Å². The molecular formula is C31H17O6-. The van der Waals surface area contributed by atoms with Crippen LogP contribution in [0.25, 0.3) is 38.6 Å². The summed E-state index contributed by atoms with van der Waals surface area (Å²) < 4.78 is 11.0. The number of carbonyl (C=O) groups excluding carboxylic acids is 2. The molecular weight excluding hydrogens is 468 g/mol. The number of fused-ring (bicyclic) bond motifs is 6. The summed E-state index contributed by atoms with van der Waals surface area (Å²) in [5.74, 6) is -1.36. The molecule has 5 aromatic rings. The lowest BCUT2D eigenvalue weighted by atomic mass is 9.96. The summed E-state index contributed by atoms with van der Waals surface area (Å²) in [6.45, 7) is 0. The molecule has 1 aromatic heterocycles. The lowest BCUT2D eigenvalue weighted by Gasteiger charge is -2.18. The van der Waals surface area contributed by atoms with Gasteiger partial charge in [-0.1, -0.05) is 90.7 Å². The predicted octanol–water partition coefficient (Wildman–Crippen LogP) is 5.47. The summed E-state index contributed by atoms with van der Waals surface area (Å²) in [6, 6.07) is 21.6. The molecule has 0 N–H and O–H groups in total. The molecule has 0 aliphatic carbocycles. The highest BCUT2D eigenvalue weighted by Gasteiger charge is 2.31. The van der Waals surface area contributed by atoms with Crippen molar-refractivity contribution < 1.29 is 23.8 Å². The minimum atomic E-state index is -0.744. The Morgan fingerprint density at radius 1 is 0.703 bits per heavy atom. The van der Waals surface area contributed by atoms with Gasteiger partial charge in [0.1, 0.15) is 16.9 Å². The van der Waals surface area contributed by atoms with E-state index in [2.05, 4.69) is 0 Å². The van der Waals surface area contributed by atoms with Crippen LogP contribution in [0.5, 0.6) is 11.5 Å². The van der Waals surface area contributed by atoms with Gasteiger partial charge in [-0.05, 0) is 29.0 Å². The molecule has 0 radical (unpaired) electrons. The lowest BCUT2D eigenvalue weighted by molar-refractivity contribution is -0.266. The van der Waals surface area contributed by atoms with E-state index in [0.29, 0.717) is 21.7 Å². The zero-order chi connectivity index (χ0) is 25.5. The minimum absolute atomic E-state index is 0.117. The average molecular weight is 485 g/mol. The molecule has 37 heavy (non-hydrogen) atoms. The Bertz CT molecular complexity index is 1920. The smallest absolute Gasteiger partial charge is 0.347 e. The van der Waals surface area contributed by atoms with Gasteiger partial charge in [-0.15, -0.1) is 0 Å². The third kappa shape index (κ3) is 3.72. The number of allylic oxidation sites excluding steroid dienone is 4. The maximum Gasteiger partial charge on any atom is 0.347 e. The molecule has 0 saturated carbocycles. The molecule has 6 heteroatoms. The SMILES string of the molecule is O=C1Oc2c(ccc3ccccc23)C(=O)/C1=C/C=CC=Cc1c([O-])c2ccc3ccccc3c2oc1=O. The highest BCUT2D eigenvalue weighted by atomic mass is 16.5. The summed E-state index contributed by atoms with van der Waals surface area (Å²) in [7, 11) is 0. The molecule has 0 atom stereocenters. The minimum Gasteiger partial charge on any atom is -0.871 e. The van der Waals surface area contributed by atoms with Crippen LogP contribution in [0.15, 0.2) is 112 Å². The third-order valence-corrected chi connectivity index (χ3v) is 6.32. The Balaban J connectivity index is 1.29. The van der Waals surface area contributed by atoms with Crippen LogP contribution in [0.3, 0.4) is 0 Å². The van der Waals surface area contributed by atoms with Gasteiger partial charge in [0, 0.05) is 16.2 Å². The molecule has 178 valence electrons. The van der Waals surface area contributed by atoms with Crippen LogP contribution in [0, 0.1) is 0 Å². The van der Waals surface area contributed by atoms with Crippen LogP contribution in [0.4, 0.5) is 0 Å². The molecule has 0 amide bonds. The molecule has 1 aliphatic rings. The number of Topliss-reactive ketones (excluding diaryl/α,β-unsaturated/α-hetero) is 1. The van der Waals surface area contributed by atoms with Crippen molar-refractivity contribution in [3.05, 3.63) is 124 Å². The number of rotatable bonds is 3. The Morgan fingerprint density at radius 2 is 1.41 bits per heavy atom. The van der Waals surface area contributed by atoms with Gasteiger partial charge in [-0.2, -0.15) is 0 Å². The topological polar surface area (TPSA) is 96.6 Å². The van der Waals surface area contributed by atoms with E-state index in [1.807, 2.05) is 36.4 Å². The normalized spacial score (nSPS) is 14.9. The van der Waals surface area contributed by atoms with Crippen molar-refractivity contribution in [1.82, 2.24) is 0 Å². The van der Waals surface area contributed by atoms with Gasteiger partial charge in [0.25, 0.3) is 0 Å². The number of esters is 1. The number of ketones is 1. The largest absolute Gasteiger partial charge is 0.871 e. The number of ether oxygens (including phenoxy) is 1. The van der Waals surface area contributed by atoms with Crippen molar-refractivity contribution in [2.24, 2.45) is 0 Å². The second kappa shape index (κ2) is 8.77. The van der Waals surface area contributed by atoms with Gasteiger partial charge < -0.3 is 14.3 Å². The van der Waals surface area contributed by atoms with Crippen LogP contribution in [0.2, 0.25) is 0 Å². The monoisotopic (exact) mass is 485 g/mol. The molecule has 2 heterocycles. The Kier molecular flexibility index (Phi) is 5.27. The van der Waals surface area contributed by atoms with Crippen molar-refractivity contribution in [1.29, 1.82) is 0 Å². The molecule has 4 aromatic carbocycles. The van der Waals surface area contributed by atoms with E-state index in [0.717, 1.165) is 10.8 Å². The first-order valence-corrected chi connectivity index (χ1v) is 11.5. The van der Waals surface area contributed by atoms with Gasteiger partial charge in [0.15, 0.2) is 0 Å². The van der Waals surface area contributed by atoms with Gasteiger partial charge in [-0.25, -0.2) is 9.59 Å². The quantitative estimate of drug-likeness (QED) is 0.0639. The molecule has 0 fully saturated rings. The van der Waals surface area contributed by atoms with E-state index in [-0.39, 0.29) is 22.5 Å². The highest BCUT2D eigenvalue weighted by molar-refractivity contribution is 6.29. The molecule has 6 nitrogen and oxygen atoms in total. The molecule has 1 aliphatic heterocycles. The van der Waals surface area contributed by atoms with Gasteiger partial charge in [0.05, 0.1) is 11.1 Å². The summed E-state index contributed by atoms with van der Waals surface area (Å²) in [5, 5.41) is 16.4. The van der Waals surface area contributed by atoms with Crippen molar-refractivity contribution in [2.75, 3.05) is 0 Å². The van der Waals surface area contributed by atoms with E-state index in [9.17, 15) is 19.5 Å². The standard InChI is InChI=1S/C31H18O6/c32-26-22-16-14-18-8-4-6-10-20(18)28(22)36-30(34)24(26)12-2-1-3-13-25-27(33)23-17-15-19-9-5-7-11-21(19)29(23)37-31(25)35/h1-17,32H/p-1/b3-1?,12-2?,25-13-. The summed E-state index contributed by atoms with van der Waals surface area (Å²) in [4.78, 5) is 38.0. The maximum atomic E-state index is 12.9. The second-order valence-corrected chi connectivity index (χ2v) is 8.50. The zero-order valence-electron chi connectivity index (χ0n) is 19.3.